The van der Waals surface area contributed by atoms with Crippen LogP contribution in [0.3, 0.4) is 0 Å². The maximum atomic E-state index is 12.5. The third-order valence-corrected chi connectivity index (χ3v) is 9.60. The summed E-state index contributed by atoms with van der Waals surface area (Å²) in [5.74, 6) is -4.12. The van der Waals surface area contributed by atoms with Crippen LogP contribution in [0.25, 0.3) is 5.76 Å². The van der Waals surface area contributed by atoms with Gasteiger partial charge in [-0.05, 0) is 37.2 Å². The monoisotopic (exact) mass is 520 g/mol. The number of aliphatic hydroxyl groups is 8. The molecular formula is C28H40O9. The molecule has 3 saturated carbocycles. The van der Waals surface area contributed by atoms with Gasteiger partial charge in [-0.3, -0.25) is 0 Å². The normalized spacial score (nSPS) is 49.5. The quantitative estimate of drug-likeness (QED) is 0.196. The number of hydrogen-bond donors (Lipinski definition) is 8. The van der Waals surface area contributed by atoms with Gasteiger partial charge in [-0.2, -0.15) is 0 Å². The zero-order chi connectivity index (χ0) is 27.7. The number of fused-ring (bicyclic) bond motifs is 3. The van der Waals surface area contributed by atoms with E-state index >= 15 is 0 Å². The molecular weight excluding hydrogens is 480 g/mol. The average Bonchev–Trinajstić information content (AvgIpc) is 3.09. The van der Waals surface area contributed by atoms with E-state index in [0.717, 1.165) is 0 Å². The summed E-state index contributed by atoms with van der Waals surface area (Å²) in [6.45, 7) is 11.5. The minimum atomic E-state index is -2.78. The van der Waals surface area contributed by atoms with Gasteiger partial charge in [0.1, 0.15) is 34.8 Å². The SMILES string of the molecule is C=C(O[C@@H]1[C@@H]2[C@H](O)[C@](O)(CO)[C@@H](O)[C@@]3(O)[C@H](C[C@@H](C)[C@@H]3O)[C@]2(O)[C@H](C)C[C@@]1(O)C(=C)C)c1ccccc1. The van der Waals surface area contributed by atoms with Crippen molar-refractivity contribution in [3.63, 3.8) is 0 Å². The smallest absolute Gasteiger partial charge is 0.142 e. The van der Waals surface area contributed by atoms with E-state index in [2.05, 4.69) is 13.2 Å². The molecule has 8 N–H and O–H groups in total. The highest BCUT2D eigenvalue weighted by Gasteiger charge is 2.77. The Bertz CT molecular complexity index is 1050. The Balaban J connectivity index is 1.96. The Morgan fingerprint density at radius 3 is 2.11 bits per heavy atom. The van der Waals surface area contributed by atoms with Gasteiger partial charge in [0.25, 0.3) is 0 Å². The molecule has 9 nitrogen and oxygen atoms in total. The predicted octanol–water partition coefficient (Wildman–Crippen LogP) is -0.0564. The Labute approximate surface area is 217 Å². The summed E-state index contributed by atoms with van der Waals surface area (Å²) in [5.41, 5.74) is -8.32. The topological polar surface area (TPSA) is 171 Å². The van der Waals surface area contributed by atoms with Crippen molar-refractivity contribution in [3.05, 3.63) is 54.6 Å². The molecule has 0 saturated heterocycles. The molecule has 3 fully saturated rings. The molecule has 9 heteroatoms. The van der Waals surface area contributed by atoms with Gasteiger partial charge in [-0.1, -0.05) is 57.3 Å². The highest BCUT2D eigenvalue weighted by Crippen LogP contribution is 2.62. The second-order valence-corrected chi connectivity index (χ2v) is 11.6. The zero-order valence-corrected chi connectivity index (χ0v) is 21.5. The van der Waals surface area contributed by atoms with E-state index in [1.165, 1.54) is 0 Å². The maximum absolute atomic E-state index is 12.5. The summed E-state index contributed by atoms with van der Waals surface area (Å²) in [6.07, 6.45) is -7.43. The molecule has 0 bridgehead atoms. The van der Waals surface area contributed by atoms with Crippen molar-refractivity contribution in [3.8, 4) is 0 Å². The lowest BCUT2D eigenvalue weighted by molar-refractivity contribution is -0.265. The lowest BCUT2D eigenvalue weighted by atomic mass is 9.53. The summed E-state index contributed by atoms with van der Waals surface area (Å²) in [7, 11) is 0. The highest BCUT2D eigenvalue weighted by molar-refractivity contribution is 5.57. The summed E-state index contributed by atoms with van der Waals surface area (Å²) in [5, 5.41) is 92.0. The van der Waals surface area contributed by atoms with Crippen LogP contribution in [-0.2, 0) is 4.74 Å². The predicted molar refractivity (Wildman–Crippen MR) is 135 cm³/mol. The third kappa shape index (κ3) is 3.67. The Kier molecular flexibility index (Phi) is 6.96. The molecule has 37 heavy (non-hydrogen) atoms. The fourth-order valence-electron chi connectivity index (χ4n) is 7.36. The van der Waals surface area contributed by atoms with Gasteiger partial charge in [-0.15, -0.1) is 0 Å². The van der Waals surface area contributed by atoms with Gasteiger partial charge < -0.3 is 45.6 Å². The van der Waals surface area contributed by atoms with Crippen LogP contribution < -0.4 is 0 Å². The number of ether oxygens (including phenoxy) is 1. The molecule has 0 radical (unpaired) electrons. The average molecular weight is 521 g/mol. The molecule has 4 rings (SSSR count). The first kappa shape index (κ1) is 28.2. The molecule has 3 aliphatic rings. The second kappa shape index (κ2) is 9.14. The molecule has 0 spiro atoms. The number of benzene rings is 1. The van der Waals surface area contributed by atoms with Crippen LogP contribution >= 0.6 is 0 Å². The maximum Gasteiger partial charge on any atom is 0.142 e. The lowest BCUT2D eigenvalue weighted by Gasteiger charge is -2.59. The third-order valence-electron chi connectivity index (χ3n) is 9.60. The van der Waals surface area contributed by atoms with Crippen molar-refractivity contribution in [2.24, 2.45) is 23.7 Å². The minimum absolute atomic E-state index is 0.0398. The van der Waals surface area contributed by atoms with E-state index in [9.17, 15) is 40.9 Å². The van der Waals surface area contributed by atoms with Crippen LogP contribution in [0.1, 0.15) is 39.2 Å². The summed E-state index contributed by atoms with van der Waals surface area (Å²) >= 11 is 0. The lowest BCUT2D eigenvalue weighted by Crippen LogP contribution is -2.71. The van der Waals surface area contributed by atoms with Crippen molar-refractivity contribution in [2.45, 2.75) is 80.4 Å². The zero-order valence-electron chi connectivity index (χ0n) is 21.5. The first-order valence-electron chi connectivity index (χ1n) is 12.7. The largest absolute Gasteiger partial charge is 0.487 e. The molecule has 206 valence electrons. The molecule has 0 unspecified atom stereocenters. The summed E-state index contributed by atoms with van der Waals surface area (Å²) < 4.78 is 6.23. The molecule has 1 aromatic carbocycles. The van der Waals surface area contributed by atoms with Gasteiger partial charge in [0.15, 0.2) is 0 Å². The summed E-state index contributed by atoms with van der Waals surface area (Å²) in [4.78, 5) is 0. The van der Waals surface area contributed by atoms with Crippen molar-refractivity contribution in [2.75, 3.05) is 6.61 Å². The van der Waals surface area contributed by atoms with Gasteiger partial charge in [-0.25, -0.2) is 0 Å². The van der Waals surface area contributed by atoms with E-state index in [1.54, 1.807) is 51.1 Å². The molecule has 0 aromatic heterocycles. The van der Waals surface area contributed by atoms with E-state index < -0.39 is 77.1 Å². The fraction of sp³-hybridized carbons (Fsp3) is 0.643. The van der Waals surface area contributed by atoms with Crippen LogP contribution in [-0.4, -0.2) is 94.3 Å². The molecule has 1 aromatic rings. The number of hydrogen-bond acceptors (Lipinski definition) is 9. The second-order valence-electron chi connectivity index (χ2n) is 11.6. The van der Waals surface area contributed by atoms with Crippen molar-refractivity contribution < 1.29 is 45.6 Å². The van der Waals surface area contributed by atoms with Crippen LogP contribution in [0, 0.1) is 23.7 Å². The number of rotatable bonds is 5. The molecule has 0 heterocycles. The van der Waals surface area contributed by atoms with E-state index in [-0.39, 0.29) is 24.2 Å². The molecule has 12 atom stereocenters. The van der Waals surface area contributed by atoms with Crippen LogP contribution in [0.15, 0.2) is 49.1 Å². The first-order valence-corrected chi connectivity index (χ1v) is 12.7. The van der Waals surface area contributed by atoms with Crippen molar-refractivity contribution >= 4 is 5.76 Å². The standard InChI is InChI=1S/C28H40O9/c1-14(2)25(33)12-16(4)27(35)19-11-15(3)21(30)28(19,36)24(32)26(34,13-29)22(31)20(27)23(25)37-17(5)18-9-7-6-8-10-18/h6-10,15-16,19-24,29-36H,1,5,11-13H2,2-4H3/t15-,16-,19-,20+,21+,22+,23-,24-,25-,26-,27-,28-/m1/s1. The van der Waals surface area contributed by atoms with Gasteiger partial charge in [0.2, 0.25) is 0 Å². The van der Waals surface area contributed by atoms with Crippen LogP contribution in [0.2, 0.25) is 0 Å². The van der Waals surface area contributed by atoms with Gasteiger partial charge in [0.05, 0.1) is 30.3 Å². The van der Waals surface area contributed by atoms with Crippen molar-refractivity contribution in [1.29, 1.82) is 0 Å². The van der Waals surface area contributed by atoms with E-state index in [4.69, 9.17) is 4.74 Å². The minimum Gasteiger partial charge on any atom is -0.487 e. The van der Waals surface area contributed by atoms with E-state index in [1.807, 2.05) is 0 Å². The first-order chi connectivity index (χ1) is 17.1. The Morgan fingerprint density at radius 1 is 0.973 bits per heavy atom. The summed E-state index contributed by atoms with van der Waals surface area (Å²) in [6, 6.07) is 8.77. The van der Waals surface area contributed by atoms with Crippen LogP contribution in [0.4, 0.5) is 0 Å². The van der Waals surface area contributed by atoms with Crippen molar-refractivity contribution in [1.82, 2.24) is 0 Å². The Morgan fingerprint density at radius 2 is 1.57 bits per heavy atom. The van der Waals surface area contributed by atoms with E-state index in [0.29, 0.717) is 5.56 Å². The molecule has 0 amide bonds. The Hall–Kier alpha value is -1.82. The van der Waals surface area contributed by atoms with Crippen LogP contribution in [0.5, 0.6) is 0 Å². The van der Waals surface area contributed by atoms with Gasteiger partial charge in [0, 0.05) is 11.5 Å². The number of aliphatic hydroxyl groups excluding tert-OH is 4. The van der Waals surface area contributed by atoms with Gasteiger partial charge >= 0.3 is 0 Å². The highest BCUT2D eigenvalue weighted by atomic mass is 16.5. The fourth-order valence-corrected chi connectivity index (χ4v) is 7.36. The molecule has 0 aliphatic heterocycles. The molecule has 3 aliphatic carbocycles.